The molecule has 0 unspecified atom stereocenters. The summed E-state index contributed by atoms with van der Waals surface area (Å²) in [5.41, 5.74) is 5.01. The van der Waals surface area contributed by atoms with Crippen molar-refractivity contribution < 1.29 is 8.42 Å². The number of benzene rings is 1. The highest BCUT2D eigenvalue weighted by Gasteiger charge is 2.28. The van der Waals surface area contributed by atoms with Gasteiger partial charge in [0, 0.05) is 43.5 Å². The van der Waals surface area contributed by atoms with Crippen LogP contribution in [0.25, 0.3) is 16.6 Å². The van der Waals surface area contributed by atoms with Crippen molar-refractivity contribution >= 4 is 26.6 Å². The molecule has 0 saturated carbocycles. The van der Waals surface area contributed by atoms with E-state index in [1.807, 2.05) is 49.7 Å². The highest BCUT2D eigenvalue weighted by atomic mass is 32.2. The molecule has 5 nitrogen and oxygen atoms in total. The predicted octanol–water partition coefficient (Wildman–Crippen LogP) is 3.67. The van der Waals surface area contributed by atoms with E-state index in [0.29, 0.717) is 24.4 Å². The van der Waals surface area contributed by atoms with Crippen LogP contribution in [0.2, 0.25) is 0 Å². The molecule has 0 spiro atoms. The fourth-order valence-corrected chi connectivity index (χ4v) is 5.40. The summed E-state index contributed by atoms with van der Waals surface area (Å²) in [6.45, 7) is 4.64. The second kappa shape index (κ2) is 6.62. The van der Waals surface area contributed by atoms with E-state index in [0.717, 1.165) is 27.7 Å². The predicted molar refractivity (Wildman–Crippen MR) is 108 cm³/mol. The topological polar surface area (TPSA) is 55.2 Å². The van der Waals surface area contributed by atoms with E-state index in [9.17, 15) is 8.42 Å². The Labute approximate surface area is 160 Å². The zero-order valence-corrected chi connectivity index (χ0v) is 16.6. The SMILES string of the molecule is Cc1ccc(C)c(S(=O)(=O)N2CC=C(c3cn(C)c4ncccc34)CC2)c1. The highest BCUT2D eigenvalue weighted by molar-refractivity contribution is 7.89. The number of hydrogen-bond donors (Lipinski definition) is 0. The van der Waals surface area contributed by atoms with Crippen molar-refractivity contribution in [2.45, 2.75) is 25.2 Å². The van der Waals surface area contributed by atoms with Gasteiger partial charge in [0.1, 0.15) is 5.65 Å². The third-order valence-corrected chi connectivity index (χ3v) is 7.22. The van der Waals surface area contributed by atoms with Crippen LogP contribution in [0.15, 0.2) is 53.7 Å². The lowest BCUT2D eigenvalue weighted by atomic mass is 10.0. The Morgan fingerprint density at radius 1 is 1.15 bits per heavy atom. The molecule has 6 heteroatoms. The Bertz CT molecular complexity index is 1160. The maximum Gasteiger partial charge on any atom is 0.243 e. The Morgan fingerprint density at radius 2 is 1.96 bits per heavy atom. The maximum absolute atomic E-state index is 13.1. The number of aromatic nitrogens is 2. The summed E-state index contributed by atoms with van der Waals surface area (Å²) in [7, 11) is -1.50. The monoisotopic (exact) mass is 381 g/mol. The molecule has 140 valence electrons. The van der Waals surface area contributed by atoms with Gasteiger partial charge in [-0.25, -0.2) is 13.4 Å². The average Bonchev–Trinajstić information content (AvgIpc) is 3.01. The molecule has 0 bridgehead atoms. The molecule has 27 heavy (non-hydrogen) atoms. The normalized spacial score (nSPS) is 15.9. The van der Waals surface area contributed by atoms with Gasteiger partial charge in [0.05, 0.1) is 4.90 Å². The van der Waals surface area contributed by atoms with Gasteiger partial charge in [0.2, 0.25) is 10.0 Å². The minimum Gasteiger partial charge on any atom is -0.335 e. The number of pyridine rings is 1. The summed E-state index contributed by atoms with van der Waals surface area (Å²) in [4.78, 5) is 4.85. The number of hydrogen-bond acceptors (Lipinski definition) is 3. The van der Waals surface area contributed by atoms with Gasteiger partial charge < -0.3 is 4.57 Å². The van der Waals surface area contributed by atoms with E-state index >= 15 is 0 Å². The lowest BCUT2D eigenvalue weighted by molar-refractivity contribution is 0.441. The molecule has 4 rings (SSSR count). The van der Waals surface area contributed by atoms with Gasteiger partial charge in [0.25, 0.3) is 0 Å². The van der Waals surface area contributed by atoms with Crippen molar-refractivity contribution in [2.24, 2.45) is 7.05 Å². The lowest BCUT2D eigenvalue weighted by Gasteiger charge is -2.26. The smallest absolute Gasteiger partial charge is 0.243 e. The van der Waals surface area contributed by atoms with Gasteiger partial charge in [-0.1, -0.05) is 18.2 Å². The van der Waals surface area contributed by atoms with E-state index < -0.39 is 10.0 Å². The van der Waals surface area contributed by atoms with Crippen LogP contribution in [0.5, 0.6) is 0 Å². The van der Waals surface area contributed by atoms with Gasteiger partial charge >= 0.3 is 0 Å². The summed E-state index contributed by atoms with van der Waals surface area (Å²) >= 11 is 0. The second-order valence-electron chi connectivity index (χ2n) is 7.14. The van der Waals surface area contributed by atoms with E-state index in [4.69, 9.17) is 0 Å². The summed E-state index contributed by atoms with van der Waals surface area (Å²) in [6, 6.07) is 9.58. The summed E-state index contributed by atoms with van der Waals surface area (Å²) in [6.07, 6.45) is 6.60. The first-order chi connectivity index (χ1) is 12.9. The molecule has 3 aromatic rings. The molecule has 1 aliphatic rings. The first-order valence-corrected chi connectivity index (χ1v) is 10.5. The van der Waals surface area contributed by atoms with Crippen LogP contribution in [0, 0.1) is 13.8 Å². The summed E-state index contributed by atoms with van der Waals surface area (Å²) < 4.78 is 29.8. The molecule has 1 aromatic carbocycles. The maximum atomic E-state index is 13.1. The Kier molecular flexibility index (Phi) is 4.40. The lowest BCUT2D eigenvalue weighted by Crippen LogP contribution is -2.35. The van der Waals surface area contributed by atoms with Crippen LogP contribution >= 0.6 is 0 Å². The molecule has 0 N–H and O–H groups in total. The van der Waals surface area contributed by atoms with E-state index in [1.54, 1.807) is 16.6 Å². The quantitative estimate of drug-likeness (QED) is 0.696. The van der Waals surface area contributed by atoms with Crippen molar-refractivity contribution in [2.75, 3.05) is 13.1 Å². The minimum absolute atomic E-state index is 0.391. The van der Waals surface area contributed by atoms with E-state index in [-0.39, 0.29) is 0 Å². The first kappa shape index (κ1) is 17.9. The number of fused-ring (bicyclic) bond motifs is 1. The van der Waals surface area contributed by atoms with Crippen molar-refractivity contribution in [3.8, 4) is 0 Å². The van der Waals surface area contributed by atoms with Gasteiger partial charge in [-0.2, -0.15) is 4.31 Å². The molecular formula is C21H23N3O2S. The number of nitrogens with zero attached hydrogens (tertiary/aromatic N) is 3. The van der Waals surface area contributed by atoms with E-state index in [2.05, 4.69) is 17.2 Å². The van der Waals surface area contributed by atoms with Crippen LogP contribution in [0.4, 0.5) is 0 Å². The summed E-state index contributed by atoms with van der Waals surface area (Å²) in [5.74, 6) is 0. The average molecular weight is 382 g/mol. The zero-order valence-electron chi connectivity index (χ0n) is 15.8. The molecule has 0 atom stereocenters. The van der Waals surface area contributed by atoms with E-state index in [1.165, 1.54) is 5.57 Å². The van der Waals surface area contributed by atoms with Crippen molar-refractivity contribution in [1.29, 1.82) is 0 Å². The standard InChI is InChI=1S/C21H23N3O2S/c1-15-6-7-16(2)20(13-15)27(25,26)24-11-8-17(9-12-24)19-14-23(3)21-18(19)5-4-10-22-21/h4-8,10,13-14H,9,11-12H2,1-3H3. The highest BCUT2D eigenvalue weighted by Crippen LogP contribution is 2.31. The first-order valence-electron chi connectivity index (χ1n) is 9.05. The molecule has 0 saturated heterocycles. The Morgan fingerprint density at radius 3 is 2.70 bits per heavy atom. The third kappa shape index (κ3) is 3.09. The third-order valence-electron chi connectivity index (χ3n) is 5.21. The molecule has 2 aromatic heterocycles. The van der Waals surface area contributed by atoms with Crippen LogP contribution in [-0.4, -0.2) is 35.4 Å². The number of rotatable bonds is 3. The fraction of sp³-hybridized carbons (Fsp3) is 0.286. The zero-order chi connectivity index (χ0) is 19.2. The second-order valence-corrected chi connectivity index (χ2v) is 9.05. The van der Waals surface area contributed by atoms with Gasteiger partial charge in [-0.05, 0) is 55.2 Å². The van der Waals surface area contributed by atoms with Crippen molar-refractivity contribution in [3.63, 3.8) is 0 Å². The molecule has 0 fully saturated rings. The van der Waals surface area contributed by atoms with Gasteiger partial charge in [-0.15, -0.1) is 0 Å². The molecular weight excluding hydrogens is 358 g/mol. The van der Waals surface area contributed by atoms with Crippen molar-refractivity contribution in [3.05, 3.63) is 65.5 Å². The fourth-order valence-electron chi connectivity index (χ4n) is 3.71. The van der Waals surface area contributed by atoms with Crippen LogP contribution in [0.1, 0.15) is 23.1 Å². The van der Waals surface area contributed by atoms with Crippen LogP contribution in [0.3, 0.4) is 0 Å². The molecule has 1 aliphatic heterocycles. The number of sulfonamides is 1. The summed E-state index contributed by atoms with van der Waals surface area (Å²) in [5, 5.41) is 1.11. The van der Waals surface area contributed by atoms with Crippen LogP contribution < -0.4 is 0 Å². The number of aryl methyl sites for hydroxylation is 3. The van der Waals surface area contributed by atoms with Gasteiger partial charge in [0.15, 0.2) is 0 Å². The van der Waals surface area contributed by atoms with Crippen LogP contribution in [-0.2, 0) is 17.1 Å². The van der Waals surface area contributed by atoms with Gasteiger partial charge in [-0.3, -0.25) is 0 Å². The molecule has 0 aliphatic carbocycles. The molecule has 0 radical (unpaired) electrons. The Hall–Kier alpha value is -2.44. The Balaban J connectivity index is 1.66. The van der Waals surface area contributed by atoms with Crippen molar-refractivity contribution in [1.82, 2.24) is 13.9 Å². The largest absolute Gasteiger partial charge is 0.335 e. The molecule has 3 heterocycles. The molecule has 0 amide bonds. The minimum atomic E-state index is -3.49.